The monoisotopic (exact) mass is 650 g/mol. The third-order valence-electron chi connectivity index (χ3n) is 11.4. The molecule has 2 amide bonds. The molecule has 3 aliphatic rings. The molecular formula is C40H47FN4O3. The van der Waals surface area contributed by atoms with Crippen molar-refractivity contribution in [2.24, 2.45) is 11.3 Å². The van der Waals surface area contributed by atoms with Gasteiger partial charge in [0.25, 0.3) is 0 Å². The number of morpholine rings is 1. The van der Waals surface area contributed by atoms with Crippen molar-refractivity contribution in [1.82, 2.24) is 9.88 Å². The summed E-state index contributed by atoms with van der Waals surface area (Å²) in [5.74, 6) is -0.336. The molecule has 1 aromatic heterocycles. The summed E-state index contributed by atoms with van der Waals surface area (Å²) in [6, 6.07) is 22.9. The highest BCUT2D eigenvalue weighted by Crippen LogP contribution is 2.67. The Morgan fingerprint density at radius 2 is 1.65 bits per heavy atom. The zero-order valence-electron chi connectivity index (χ0n) is 28.4. The van der Waals surface area contributed by atoms with Gasteiger partial charge in [-0.2, -0.15) is 0 Å². The molecule has 252 valence electrons. The maximum Gasteiger partial charge on any atom is 0.250 e. The molecule has 8 heteroatoms. The number of aryl methyl sites for hydroxylation is 1. The molecule has 3 aromatic carbocycles. The van der Waals surface area contributed by atoms with Gasteiger partial charge in [0.15, 0.2) is 0 Å². The molecule has 1 saturated heterocycles. The lowest BCUT2D eigenvalue weighted by atomic mass is 9.78. The lowest BCUT2D eigenvalue weighted by Gasteiger charge is -2.45. The van der Waals surface area contributed by atoms with Crippen LogP contribution in [0.3, 0.4) is 0 Å². The van der Waals surface area contributed by atoms with Gasteiger partial charge in [0.1, 0.15) is 11.4 Å². The van der Waals surface area contributed by atoms with Crippen LogP contribution in [0.25, 0.3) is 10.9 Å². The first kappa shape index (κ1) is 32.4. The molecule has 2 N–H and O–H groups in total. The number of hydrogen-bond donors (Lipinski definition) is 2. The minimum absolute atomic E-state index is 0.0544. The Balaban J connectivity index is 1.18. The molecule has 3 fully saturated rings. The fourth-order valence-corrected chi connectivity index (χ4v) is 8.55. The summed E-state index contributed by atoms with van der Waals surface area (Å²) in [7, 11) is 0. The summed E-state index contributed by atoms with van der Waals surface area (Å²) in [4.78, 5) is 36.8. The molecule has 0 bridgehead atoms. The number of amides is 2. The highest BCUT2D eigenvalue weighted by Gasteiger charge is 2.60. The van der Waals surface area contributed by atoms with Gasteiger partial charge in [-0.1, -0.05) is 69.5 Å². The number of anilines is 2. The summed E-state index contributed by atoms with van der Waals surface area (Å²) in [5, 5.41) is 4.39. The van der Waals surface area contributed by atoms with Crippen LogP contribution in [0.15, 0.2) is 72.8 Å². The van der Waals surface area contributed by atoms with E-state index >= 15 is 4.39 Å². The first-order valence-corrected chi connectivity index (χ1v) is 17.5. The van der Waals surface area contributed by atoms with Gasteiger partial charge in [-0.05, 0) is 79.0 Å². The van der Waals surface area contributed by atoms with E-state index in [2.05, 4.69) is 54.2 Å². The SMILES string of the molecule is Cc1[nH]c2ccccc2c1[C@@H]1[C@H](CC(=O)N(Cc2ccccc2F)C2(C(=O)Nc3ccc(N4CCOCC4)cc3)CCCCC2)C1(C)C. The molecule has 7 nitrogen and oxygen atoms in total. The number of rotatable bonds is 9. The van der Waals surface area contributed by atoms with E-state index in [-0.39, 0.29) is 41.4 Å². The number of nitrogens with one attached hydrogen (secondary N) is 2. The summed E-state index contributed by atoms with van der Waals surface area (Å²) in [6.45, 7) is 9.71. The van der Waals surface area contributed by atoms with Crippen molar-refractivity contribution in [3.63, 3.8) is 0 Å². The number of H-pyrrole nitrogens is 1. The van der Waals surface area contributed by atoms with Crippen molar-refractivity contribution in [1.29, 1.82) is 0 Å². The fourth-order valence-electron chi connectivity index (χ4n) is 8.55. The highest BCUT2D eigenvalue weighted by atomic mass is 19.1. The first-order chi connectivity index (χ1) is 23.2. The van der Waals surface area contributed by atoms with E-state index in [1.54, 1.807) is 23.1 Å². The summed E-state index contributed by atoms with van der Waals surface area (Å²) in [6.07, 6.45) is 4.05. The van der Waals surface area contributed by atoms with Crippen molar-refractivity contribution in [3.05, 3.63) is 95.4 Å². The Hall–Kier alpha value is -4.17. The van der Waals surface area contributed by atoms with Gasteiger partial charge < -0.3 is 24.8 Å². The Labute approximate surface area is 282 Å². The Morgan fingerprint density at radius 3 is 2.38 bits per heavy atom. The Bertz CT molecular complexity index is 1790. The van der Waals surface area contributed by atoms with E-state index in [0.29, 0.717) is 43.7 Å². The quantitative estimate of drug-likeness (QED) is 0.193. The predicted molar refractivity (Wildman–Crippen MR) is 189 cm³/mol. The molecule has 1 aliphatic heterocycles. The standard InChI is InChI=1S/C40H47FN4O3/c1-27-36(31-12-6-8-14-34(31)42-27)37-32(39(37,2)3)25-35(46)45(26-28-11-5-7-13-33(28)41)40(19-9-4-10-20-40)38(47)43-29-15-17-30(18-16-29)44-21-23-48-24-22-44/h5-8,11-18,32,37,42H,4,9-10,19-26H2,1-3H3,(H,43,47)/t32-,37-/m0/s1. The smallest absolute Gasteiger partial charge is 0.250 e. The third kappa shape index (κ3) is 6.00. The zero-order chi connectivity index (χ0) is 33.5. The van der Waals surface area contributed by atoms with Crippen LogP contribution < -0.4 is 10.2 Å². The van der Waals surface area contributed by atoms with Crippen LogP contribution in [-0.4, -0.2) is 53.5 Å². The summed E-state index contributed by atoms with van der Waals surface area (Å²) >= 11 is 0. The van der Waals surface area contributed by atoms with Crippen LogP contribution in [-0.2, 0) is 20.9 Å². The lowest BCUT2D eigenvalue weighted by molar-refractivity contribution is -0.149. The summed E-state index contributed by atoms with van der Waals surface area (Å²) < 4.78 is 20.7. The zero-order valence-corrected chi connectivity index (χ0v) is 28.4. The minimum Gasteiger partial charge on any atom is -0.378 e. The van der Waals surface area contributed by atoms with Crippen molar-refractivity contribution in [3.8, 4) is 0 Å². The van der Waals surface area contributed by atoms with Crippen LogP contribution in [0.2, 0.25) is 0 Å². The number of nitrogens with zero attached hydrogens (tertiary/aromatic N) is 2. The maximum absolute atomic E-state index is 15.2. The van der Waals surface area contributed by atoms with Gasteiger partial charge in [-0.3, -0.25) is 9.59 Å². The number of aromatic nitrogens is 1. The number of benzene rings is 3. The Morgan fingerprint density at radius 1 is 0.958 bits per heavy atom. The molecule has 2 atom stereocenters. The number of carbonyl (C=O) groups excluding carboxylic acids is 2. The van der Waals surface area contributed by atoms with Crippen molar-refractivity contribution in [2.45, 2.75) is 77.3 Å². The average Bonchev–Trinajstić information content (AvgIpc) is 3.45. The number of para-hydroxylation sites is 1. The van der Waals surface area contributed by atoms with E-state index in [1.807, 2.05) is 30.3 Å². The molecule has 0 spiro atoms. The van der Waals surface area contributed by atoms with Gasteiger partial charge in [-0.15, -0.1) is 0 Å². The second-order valence-electron chi connectivity index (χ2n) is 14.6. The molecule has 4 aromatic rings. The largest absolute Gasteiger partial charge is 0.378 e. The number of ether oxygens (including phenoxy) is 1. The van der Waals surface area contributed by atoms with E-state index in [1.165, 1.54) is 17.0 Å². The second-order valence-corrected chi connectivity index (χ2v) is 14.6. The molecule has 2 heterocycles. The van der Waals surface area contributed by atoms with Gasteiger partial charge in [0, 0.05) is 59.6 Å². The fraction of sp³-hybridized carbons (Fsp3) is 0.450. The van der Waals surface area contributed by atoms with Crippen LogP contribution in [0.1, 0.15) is 75.1 Å². The highest BCUT2D eigenvalue weighted by molar-refractivity contribution is 6.01. The molecule has 48 heavy (non-hydrogen) atoms. The number of hydrogen-bond acceptors (Lipinski definition) is 4. The van der Waals surface area contributed by atoms with E-state index in [4.69, 9.17) is 4.74 Å². The van der Waals surface area contributed by atoms with Gasteiger partial charge in [0.05, 0.1) is 13.2 Å². The number of carbonyl (C=O) groups is 2. The van der Waals surface area contributed by atoms with E-state index in [0.717, 1.165) is 49.2 Å². The third-order valence-corrected chi connectivity index (χ3v) is 11.4. The van der Waals surface area contributed by atoms with E-state index in [9.17, 15) is 9.59 Å². The average molecular weight is 651 g/mol. The molecular weight excluding hydrogens is 603 g/mol. The number of halogens is 1. The lowest BCUT2D eigenvalue weighted by Crippen LogP contribution is -2.59. The van der Waals surface area contributed by atoms with Crippen LogP contribution in [0.4, 0.5) is 15.8 Å². The molecule has 0 radical (unpaired) electrons. The number of aromatic amines is 1. The van der Waals surface area contributed by atoms with Crippen LogP contribution in [0.5, 0.6) is 0 Å². The minimum atomic E-state index is -1.08. The van der Waals surface area contributed by atoms with Gasteiger partial charge in [-0.25, -0.2) is 4.39 Å². The maximum atomic E-state index is 15.2. The normalized spacial score (nSPS) is 21.5. The first-order valence-electron chi connectivity index (χ1n) is 17.5. The van der Waals surface area contributed by atoms with Crippen LogP contribution >= 0.6 is 0 Å². The van der Waals surface area contributed by atoms with Crippen molar-refractivity contribution in [2.75, 3.05) is 36.5 Å². The predicted octanol–water partition coefficient (Wildman–Crippen LogP) is 7.95. The van der Waals surface area contributed by atoms with E-state index < -0.39 is 5.54 Å². The van der Waals surface area contributed by atoms with Crippen molar-refractivity contribution < 1.29 is 18.7 Å². The molecule has 2 aliphatic carbocycles. The van der Waals surface area contributed by atoms with Gasteiger partial charge in [0.2, 0.25) is 11.8 Å². The summed E-state index contributed by atoms with van der Waals surface area (Å²) in [5.41, 5.74) is 4.55. The number of fused-ring (bicyclic) bond motifs is 1. The van der Waals surface area contributed by atoms with Crippen LogP contribution in [0, 0.1) is 24.1 Å². The second kappa shape index (κ2) is 13.0. The van der Waals surface area contributed by atoms with Crippen molar-refractivity contribution >= 4 is 34.1 Å². The molecule has 7 rings (SSSR count). The molecule has 2 saturated carbocycles. The van der Waals surface area contributed by atoms with Gasteiger partial charge >= 0.3 is 0 Å². The Kier molecular flexibility index (Phi) is 8.79. The molecule has 0 unspecified atom stereocenters. The topological polar surface area (TPSA) is 77.7 Å².